The highest BCUT2D eigenvalue weighted by Gasteiger charge is 2.35. The molecule has 3 aromatic rings. The molecule has 2 aromatic heterocycles. The number of nitrogens with one attached hydrogen (secondary N) is 1. The number of aromatic nitrogens is 3. The molecule has 0 amide bonds. The van der Waals surface area contributed by atoms with E-state index in [0.717, 1.165) is 22.3 Å². The molecule has 1 aliphatic rings. The lowest BCUT2D eigenvalue weighted by Gasteiger charge is -2.30. The van der Waals surface area contributed by atoms with Crippen molar-refractivity contribution in [3.63, 3.8) is 0 Å². The number of benzene rings is 1. The van der Waals surface area contributed by atoms with E-state index in [2.05, 4.69) is 15.3 Å². The first-order valence-electron chi connectivity index (χ1n) is 8.62. The third-order valence-corrected chi connectivity index (χ3v) is 4.39. The zero-order valence-electron chi connectivity index (χ0n) is 14.9. The van der Waals surface area contributed by atoms with Gasteiger partial charge in [-0.2, -0.15) is 0 Å². The van der Waals surface area contributed by atoms with Crippen molar-refractivity contribution in [1.82, 2.24) is 14.5 Å². The predicted octanol–water partition coefficient (Wildman–Crippen LogP) is 3.67. The summed E-state index contributed by atoms with van der Waals surface area (Å²) in [6, 6.07) is 11.4. The average Bonchev–Trinajstić information content (AvgIpc) is 2.98. The molecule has 4 rings (SSSR count). The first kappa shape index (κ1) is 16.3. The van der Waals surface area contributed by atoms with E-state index in [4.69, 9.17) is 4.74 Å². The highest BCUT2D eigenvalue weighted by atomic mass is 16.5. The Kier molecular flexibility index (Phi) is 3.95. The molecular formula is C20H20N4O2. The quantitative estimate of drug-likeness (QED) is 0.731. The van der Waals surface area contributed by atoms with Gasteiger partial charge >= 0.3 is 5.97 Å². The molecule has 1 atom stereocenters. The number of anilines is 1. The monoisotopic (exact) mass is 348 g/mol. The van der Waals surface area contributed by atoms with Gasteiger partial charge < -0.3 is 10.1 Å². The fourth-order valence-electron chi connectivity index (χ4n) is 3.36. The van der Waals surface area contributed by atoms with Gasteiger partial charge in [0.05, 0.1) is 28.8 Å². The maximum Gasteiger partial charge on any atom is 0.338 e. The molecule has 26 heavy (non-hydrogen) atoms. The van der Waals surface area contributed by atoms with Gasteiger partial charge in [0, 0.05) is 18.1 Å². The molecule has 0 aliphatic carbocycles. The molecule has 1 aromatic carbocycles. The molecule has 3 heterocycles. The van der Waals surface area contributed by atoms with E-state index in [1.165, 1.54) is 0 Å². The molecule has 0 bridgehead atoms. The second-order valence-electron chi connectivity index (χ2n) is 6.60. The minimum Gasteiger partial charge on any atom is -0.459 e. The number of hydrogen-bond acceptors (Lipinski definition) is 5. The van der Waals surface area contributed by atoms with Crippen molar-refractivity contribution in [2.75, 3.05) is 5.32 Å². The number of imidazole rings is 1. The van der Waals surface area contributed by atoms with Gasteiger partial charge in [-0.3, -0.25) is 9.55 Å². The summed E-state index contributed by atoms with van der Waals surface area (Å²) in [6.45, 7) is 5.57. The van der Waals surface area contributed by atoms with Gasteiger partial charge in [-0.15, -0.1) is 0 Å². The topological polar surface area (TPSA) is 69.0 Å². The van der Waals surface area contributed by atoms with Crippen LogP contribution < -0.4 is 5.32 Å². The average molecular weight is 348 g/mol. The normalized spacial score (nSPS) is 16.5. The van der Waals surface area contributed by atoms with Crippen molar-refractivity contribution in [2.45, 2.75) is 32.9 Å². The van der Waals surface area contributed by atoms with Crippen LogP contribution >= 0.6 is 0 Å². The maximum absolute atomic E-state index is 12.9. The van der Waals surface area contributed by atoms with Gasteiger partial charge in [-0.1, -0.05) is 18.2 Å². The van der Waals surface area contributed by atoms with Gasteiger partial charge in [0.25, 0.3) is 0 Å². The third kappa shape index (κ3) is 2.63. The number of pyridine rings is 1. The number of para-hydroxylation sites is 2. The molecule has 1 unspecified atom stereocenters. The van der Waals surface area contributed by atoms with Crippen LogP contribution in [-0.4, -0.2) is 26.6 Å². The van der Waals surface area contributed by atoms with Crippen molar-refractivity contribution in [1.29, 1.82) is 0 Å². The van der Waals surface area contributed by atoms with Gasteiger partial charge in [0.2, 0.25) is 5.95 Å². The molecule has 0 spiro atoms. The zero-order chi connectivity index (χ0) is 18.3. The fourth-order valence-corrected chi connectivity index (χ4v) is 3.36. The number of carbonyl (C=O) groups is 1. The van der Waals surface area contributed by atoms with Crippen LogP contribution in [0, 0.1) is 0 Å². The minimum atomic E-state index is -0.349. The maximum atomic E-state index is 12.9. The van der Waals surface area contributed by atoms with Crippen LogP contribution in [0.5, 0.6) is 0 Å². The van der Waals surface area contributed by atoms with Crippen LogP contribution in [0.3, 0.4) is 0 Å². The Morgan fingerprint density at radius 2 is 2.04 bits per heavy atom. The predicted molar refractivity (Wildman–Crippen MR) is 99.7 cm³/mol. The Balaban J connectivity index is 1.95. The second kappa shape index (κ2) is 6.29. The highest BCUT2D eigenvalue weighted by molar-refractivity contribution is 5.94. The fraction of sp³-hybridized carbons (Fsp3) is 0.250. The number of allylic oxidation sites excluding steroid dienone is 1. The highest BCUT2D eigenvalue weighted by Crippen LogP contribution is 2.39. The van der Waals surface area contributed by atoms with E-state index < -0.39 is 0 Å². The van der Waals surface area contributed by atoms with Crippen LogP contribution in [0.4, 0.5) is 5.95 Å². The standard InChI is InChI=1S/C20H20N4O2/c1-12(2)26-19(25)17-13(3)22-20-23-15-8-4-5-9-16(15)24(20)18(17)14-7-6-10-21-11-14/h4-12,18H,1-3H3,(H,22,23). The van der Waals surface area contributed by atoms with E-state index in [1.54, 1.807) is 12.4 Å². The van der Waals surface area contributed by atoms with Crippen molar-refractivity contribution >= 4 is 23.0 Å². The van der Waals surface area contributed by atoms with Crippen LogP contribution in [0.15, 0.2) is 60.1 Å². The zero-order valence-corrected chi connectivity index (χ0v) is 14.9. The Morgan fingerprint density at radius 3 is 2.77 bits per heavy atom. The van der Waals surface area contributed by atoms with Crippen molar-refractivity contribution in [2.24, 2.45) is 0 Å². The number of esters is 1. The van der Waals surface area contributed by atoms with Crippen LogP contribution in [0.2, 0.25) is 0 Å². The number of rotatable bonds is 3. The number of ether oxygens (including phenoxy) is 1. The van der Waals surface area contributed by atoms with E-state index >= 15 is 0 Å². The van der Waals surface area contributed by atoms with Crippen molar-refractivity contribution in [3.8, 4) is 0 Å². The Bertz CT molecular complexity index is 1010. The third-order valence-electron chi connectivity index (χ3n) is 4.39. The second-order valence-corrected chi connectivity index (χ2v) is 6.60. The van der Waals surface area contributed by atoms with Crippen molar-refractivity contribution in [3.05, 3.63) is 65.6 Å². The number of fused-ring (bicyclic) bond motifs is 3. The number of hydrogen-bond donors (Lipinski definition) is 1. The first-order chi connectivity index (χ1) is 12.6. The molecule has 0 saturated carbocycles. The van der Waals surface area contributed by atoms with Crippen LogP contribution in [0.1, 0.15) is 32.4 Å². The van der Waals surface area contributed by atoms with Gasteiger partial charge in [0.1, 0.15) is 0 Å². The van der Waals surface area contributed by atoms with E-state index in [9.17, 15) is 4.79 Å². The first-order valence-corrected chi connectivity index (χ1v) is 8.62. The summed E-state index contributed by atoms with van der Waals surface area (Å²) in [5, 5.41) is 3.26. The minimum absolute atomic E-state index is 0.196. The molecule has 1 N–H and O–H groups in total. The van der Waals surface area contributed by atoms with Gasteiger partial charge in [0.15, 0.2) is 0 Å². The van der Waals surface area contributed by atoms with E-state index in [0.29, 0.717) is 11.5 Å². The molecule has 1 aliphatic heterocycles. The summed E-state index contributed by atoms with van der Waals surface area (Å²) in [5.74, 6) is 0.376. The summed E-state index contributed by atoms with van der Waals surface area (Å²) < 4.78 is 7.56. The summed E-state index contributed by atoms with van der Waals surface area (Å²) in [6.07, 6.45) is 3.31. The van der Waals surface area contributed by atoms with Gasteiger partial charge in [-0.25, -0.2) is 9.78 Å². The van der Waals surface area contributed by atoms with Crippen molar-refractivity contribution < 1.29 is 9.53 Å². The molecule has 0 fully saturated rings. The van der Waals surface area contributed by atoms with E-state index in [-0.39, 0.29) is 18.1 Å². The lowest BCUT2D eigenvalue weighted by molar-refractivity contribution is -0.143. The number of carbonyl (C=O) groups excluding carboxylic acids is 1. The summed E-state index contributed by atoms with van der Waals surface area (Å²) in [5.41, 5.74) is 4.05. The molecule has 6 heteroatoms. The van der Waals surface area contributed by atoms with Gasteiger partial charge in [-0.05, 0) is 44.5 Å². The molecule has 132 valence electrons. The lowest BCUT2D eigenvalue weighted by atomic mass is 9.96. The van der Waals surface area contributed by atoms with Crippen LogP contribution in [-0.2, 0) is 9.53 Å². The number of nitrogens with zero attached hydrogens (tertiary/aromatic N) is 3. The smallest absolute Gasteiger partial charge is 0.338 e. The SMILES string of the molecule is CC1=C(C(=O)OC(C)C)C(c2cccnc2)n2c(nc3ccccc32)N1. The van der Waals surface area contributed by atoms with E-state index in [1.807, 2.05) is 61.7 Å². The largest absolute Gasteiger partial charge is 0.459 e. The Hall–Kier alpha value is -3.15. The van der Waals surface area contributed by atoms with Crippen LogP contribution in [0.25, 0.3) is 11.0 Å². The Labute approximate surface area is 151 Å². The molecule has 0 radical (unpaired) electrons. The lowest BCUT2D eigenvalue weighted by Crippen LogP contribution is -2.30. The summed E-state index contributed by atoms with van der Waals surface area (Å²) >= 11 is 0. The molecule has 0 saturated heterocycles. The molecular weight excluding hydrogens is 328 g/mol. The summed E-state index contributed by atoms with van der Waals surface area (Å²) in [4.78, 5) is 21.8. The Morgan fingerprint density at radius 1 is 1.23 bits per heavy atom. The summed E-state index contributed by atoms with van der Waals surface area (Å²) in [7, 11) is 0. The molecule has 6 nitrogen and oxygen atoms in total.